The molecule has 116 valence electrons. The van der Waals surface area contributed by atoms with Gasteiger partial charge in [-0.15, -0.1) is 0 Å². The lowest BCUT2D eigenvalue weighted by molar-refractivity contribution is -0.130. The molecule has 0 saturated carbocycles. The van der Waals surface area contributed by atoms with Gasteiger partial charge in [0.25, 0.3) is 0 Å². The van der Waals surface area contributed by atoms with Gasteiger partial charge >= 0.3 is 6.03 Å². The molecule has 20 heavy (non-hydrogen) atoms. The Labute approximate surface area is 121 Å². The summed E-state index contributed by atoms with van der Waals surface area (Å²) in [5, 5.41) is 5.06. The highest BCUT2D eigenvalue weighted by molar-refractivity contribution is 5.96. The van der Waals surface area contributed by atoms with Crippen molar-refractivity contribution >= 4 is 11.9 Å². The van der Waals surface area contributed by atoms with Gasteiger partial charge in [-0.25, -0.2) is 4.79 Å². The van der Waals surface area contributed by atoms with E-state index in [1.54, 1.807) is 0 Å². The summed E-state index contributed by atoms with van der Waals surface area (Å²) < 4.78 is 5.64. The van der Waals surface area contributed by atoms with Gasteiger partial charge in [0, 0.05) is 19.6 Å². The Morgan fingerprint density at radius 3 is 2.25 bits per heavy atom. The van der Waals surface area contributed by atoms with Crippen molar-refractivity contribution in [3.63, 3.8) is 0 Å². The fourth-order valence-corrected chi connectivity index (χ4v) is 2.26. The Morgan fingerprint density at radius 2 is 1.75 bits per heavy atom. The molecule has 2 N–H and O–H groups in total. The van der Waals surface area contributed by atoms with E-state index in [1.165, 1.54) is 0 Å². The molecule has 0 aromatic heterocycles. The van der Waals surface area contributed by atoms with Gasteiger partial charge in [-0.3, -0.25) is 15.0 Å². The number of morpholine rings is 1. The highest BCUT2D eigenvalue weighted by Crippen LogP contribution is 2.13. The minimum Gasteiger partial charge on any atom is -0.373 e. The smallest absolute Gasteiger partial charge is 0.321 e. The first-order valence-electron chi connectivity index (χ1n) is 7.27. The molecule has 3 atom stereocenters. The number of hydrogen-bond donors (Lipinski definition) is 2. The van der Waals surface area contributed by atoms with Crippen LogP contribution in [0.1, 0.15) is 34.6 Å². The van der Waals surface area contributed by atoms with Crippen LogP contribution in [-0.4, -0.2) is 54.7 Å². The number of amides is 3. The molecule has 1 aliphatic rings. The van der Waals surface area contributed by atoms with Gasteiger partial charge in [-0.05, 0) is 26.7 Å². The summed E-state index contributed by atoms with van der Waals surface area (Å²) in [5.41, 5.74) is 0. The summed E-state index contributed by atoms with van der Waals surface area (Å²) >= 11 is 0. The maximum absolute atomic E-state index is 12.1. The molecule has 0 aliphatic carbocycles. The molecule has 1 heterocycles. The van der Waals surface area contributed by atoms with Gasteiger partial charge in [0.2, 0.25) is 5.91 Å². The Bertz CT molecular complexity index is 337. The van der Waals surface area contributed by atoms with Crippen molar-refractivity contribution in [1.29, 1.82) is 0 Å². The normalized spacial score (nSPS) is 25.3. The standard InChI is InChI=1S/C14H27N3O3/c1-9(2)6-15-14(19)16-13(18)12(5)17-7-10(3)20-11(4)8-17/h9-12H,6-8H2,1-5H3,(H2,15,16,18,19)/t10-,11-,12+/m1/s1. The molecule has 3 amide bonds. The van der Waals surface area contributed by atoms with Crippen molar-refractivity contribution < 1.29 is 14.3 Å². The largest absolute Gasteiger partial charge is 0.373 e. The summed E-state index contributed by atoms with van der Waals surface area (Å²) in [4.78, 5) is 25.7. The lowest BCUT2D eigenvalue weighted by Gasteiger charge is -2.38. The number of nitrogens with zero attached hydrogens (tertiary/aromatic N) is 1. The molecule has 1 rings (SSSR count). The van der Waals surface area contributed by atoms with Gasteiger partial charge < -0.3 is 10.1 Å². The van der Waals surface area contributed by atoms with Gasteiger partial charge in [-0.2, -0.15) is 0 Å². The number of rotatable bonds is 4. The van der Waals surface area contributed by atoms with Crippen LogP contribution in [0.25, 0.3) is 0 Å². The molecule has 1 fully saturated rings. The minimum absolute atomic E-state index is 0.101. The van der Waals surface area contributed by atoms with Gasteiger partial charge in [0.05, 0.1) is 18.2 Å². The van der Waals surface area contributed by atoms with E-state index in [0.29, 0.717) is 25.6 Å². The lowest BCUT2D eigenvalue weighted by atomic mass is 10.1. The first-order chi connectivity index (χ1) is 9.29. The van der Waals surface area contributed by atoms with Crippen molar-refractivity contribution in [2.75, 3.05) is 19.6 Å². The average molecular weight is 285 g/mol. The second-order valence-corrected chi connectivity index (χ2v) is 5.98. The lowest BCUT2D eigenvalue weighted by Crippen LogP contribution is -2.55. The van der Waals surface area contributed by atoms with Crippen molar-refractivity contribution in [3.05, 3.63) is 0 Å². The van der Waals surface area contributed by atoms with Crippen molar-refractivity contribution in [2.24, 2.45) is 5.92 Å². The Kier molecular flexibility index (Phi) is 6.42. The quantitative estimate of drug-likeness (QED) is 0.807. The number of carbonyl (C=O) groups excluding carboxylic acids is 2. The minimum atomic E-state index is -0.426. The number of imide groups is 1. The summed E-state index contributed by atoms with van der Waals surface area (Å²) in [5.74, 6) is 0.0850. The number of hydrogen-bond acceptors (Lipinski definition) is 4. The van der Waals surface area contributed by atoms with E-state index >= 15 is 0 Å². The number of ether oxygens (including phenoxy) is 1. The van der Waals surface area contributed by atoms with Crippen LogP contribution in [0, 0.1) is 5.92 Å². The number of nitrogens with one attached hydrogen (secondary N) is 2. The predicted octanol–water partition coefficient (Wildman–Crippen LogP) is 0.966. The summed E-state index contributed by atoms with van der Waals surface area (Å²) in [6.45, 7) is 11.8. The highest BCUT2D eigenvalue weighted by atomic mass is 16.5. The maximum Gasteiger partial charge on any atom is 0.321 e. The van der Waals surface area contributed by atoms with E-state index in [2.05, 4.69) is 10.6 Å². The topological polar surface area (TPSA) is 70.7 Å². The van der Waals surface area contributed by atoms with Crippen LogP contribution < -0.4 is 10.6 Å². The molecule has 0 aromatic rings. The Hall–Kier alpha value is -1.14. The fourth-order valence-electron chi connectivity index (χ4n) is 2.26. The van der Waals surface area contributed by atoms with Crippen LogP contribution >= 0.6 is 0 Å². The van der Waals surface area contributed by atoms with Crippen LogP contribution in [0.3, 0.4) is 0 Å². The van der Waals surface area contributed by atoms with Crippen molar-refractivity contribution in [3.8, 4) is 0 Å². The molecule has 1 aliphatic heterocycles. The molecule has 6 heteroatoms. The van der Waals surface area contributed by atoms with Crippen LogP contribution in [0.4, 0.5) is 4.79 Å². The molecular weight excluding hydrogens is 258 g/mol. The van der Waals surface area contributed by atoms with E-state index < -0.39 is 6.03 Å². The Balaban J connectivity index is 2.43. The van der Waals surface area contributed by atoms with Gasteiger partial charge in [-0.1, -0.05) is 13.8 Å². The van der Waals surface area contributed by atoms with Crippen LogP contribution in [0.15, 0.2) is 0 Å². The van der Waals surface area contributed by atoms with Crippen LogP contribution in [0.5, 0.6) is 0 Å². The first-order valence-corrected chi connectivity index (χ1v) is 7.27. The number of urea groups is 1. The third-order valence-electron chi connectivity index (χ3n) is 3.28. The van der Waals surface area contributed by atoms with Crippen molar-refractivity contribution in [1.82, 2.24) is 15.5 Å². The third kappa shape index (κ3) is 5.46. The monoisotopic (exact) mass is 285 g/mol. The zero-order valence-corrected chi connectivity index (χ0v) is 13.1. The summed E-state index contributed by atoms with van der Waals surface area (Å²) in [7, 11) is 0. The van der Waals surface area contributed by atoms with Crippen LogP contribution in [0.2, 0.25) is 0 Å². The molecule has 0 radical (unpaired) electrons. The molecule has 0 spiro atoms. The third-order valence-corrected chi connectivity index (χ3v) is 3.28. The fraction of sp³-hybridized carbons (Fsp3) is 0.857. The molecule has 0 bridgehead atoms. The maximum atomic E-state index is 12.1. The second-order valence-electron chi connectivity index (χ2n) is 5.98. The van der Waals surface area contributed by atoms with Gasteiger partial charge in [0.1, 0.15) is 0 Å². The first kappa shape index (κ1) is 16.9. The van der Waals surface area contributed by atoms with Crippen LogP contribution in [-0.2, 0) is 9.53 Å². The predicted molar refractivity (Wildman–Crippen MR) is 77.4 cm³/mol. The molecule has 6 nitrogen and oxygen atoms in total. The summed E-state index contributed by atoms with van der Waals surface area (Å²) in [6.07, 6.45) is 0.201. The number of carbonyl (C=O) groups is 2. The average Bonchev–Trinajstić information content (AvgIpc) is 2.34. The second kappa shape index (κ2) is 7.59. The SMILES string of the molecule is CC(C)CNC(=O)NC(=O)[C@H](C)N1C[C@@H](C)O[C@H](C)C1. The van der Waals surface area contributed by atoms with E-state index in [9.17, 15) is 9.59 Å². The van der Waals surface area contributed by atoms with Gasteiger partial charge in [0.15, 0.2) is 0 Å². The zero-order chi connectivity index (χ0) is 15.3. The van der Waals surface area contributed by atoms with E-state index in [-0.39, 0.29) is 24.2 Å². The molecular formula is C14H27N3O3. The molecule has 0 unspecified atom stereocenters. The van der Waals surface area contributed by atoms with Crippen molar-refractivity contribution in [2.45, 2.75) is 52.9 Å². The Morgan fingerprint density at radius 1 is 1.20 bits per heavy atom. The summed E-state index contributed by atoms with van der Waals surface area (Å²) in [6, 6.07) is -0.765. The zero-order valence-electron chi connectivity index (χ0n) is 13.1. The molecule has 1 saturated heterocycles. The van der Waals surface area contributed by atoms with E-state index in [0.717, 1.165) is 0 Å². The van der Waals surface area contributed by atoms with E-state index in [4.69, 9.17) is 4.74 Å². The highest BCUT2D eigenvalue weighted by Gasteiger charge is 2.29. The van der Waals surface area contributed by atoms with E-state index in [1.807, 2.05) is 39.5 Å². The molecule has 0 aromatic carbocycles.